The third kappa shape index (κ3) is 7.44. The summed E-state index contributed by atoms with van der Waals surface area (Å²) in [5.74, 6) is -0.0897. The molecule has 2 aromatic rings. The Morgan fingerprint density at radius 3 is 2.45 bits per heavy atom. The summed E-state index contributed by atoms with van der Waals surface area (Å²) in [6, 6.07) is 12.1. The Morgan fingerprint density at radius 2 is 1.84 bits per heavy atom. The van der Waals surface area contributed by atoms with Crippen LogP contribution in [0.4, 0.5) is 0 Å². The second kappa shape index (κ2) is 12.0. The highest BCUT2D eigenvalue weighted by Crippen LogP contribution is 2.27. The zero-order valence-corrected chi connectivity index (χ0v) is 20.0. The second-order valence-corrected chi connectivity index (χ2v) is 8.46. The van der Waals surface area contributed by atoms with Crippen molar-refractivity contribution in [3.63, 3.8) is 0 Å². The van der Waals surface area contributed by atoms with Gasteiger partial charge in [-0.1, -0.05) is 66.9 Å². The Hall–Kier alpha value is -2.24. The van der Waals surface area contributed by atoms with Gasteiger partial charge in [-0.05, 0) is 50.5 Å². The van der Waals surface area contributed by atoms with Gasteiger partial charge in [0.1, 0.15) is 11.8 Å². The number of aryl methyl sites for hydroxylation is 1. The van der Waals surface area contributed by atoms with Crippen LogP contribution < -0.4 is 10.1 Å². The highest BCUT2D eigenvalue weighted by Gasteiger charge is 2.29. The quantitative estimate of drug-likeness (QED) is 0.511. The molecule has 0 saturated carbocycles. The van der Waals surface area contributed by atoms with Crippen LogP contribution in [0.1, 0.15) is 44.7 Å². The van der Waals surface area contributed by atoms with Gasteiger partial charge >= 0.3 is 0 Å². The van der Waals surface area contributed by atoms with Gasteiger partial charge in [-0.15, -0.1) is 0 Å². The van der Waals surface area contributed by atoms with Gasteiger partial charge < -0.3 is 15.0 Å². The van der Waals surface area contributed by atoms with Crippen molar-refractivity contribution in [1.29, 1.82) is 0 Å². The first kappa shape index (κ1) is 25.0. The molecule has 0 aromatic heterocycles. The van der Waals surface area contributed by atoms with Crippen LogP contribution in [0.15, 0.2) is 42.5 Å². The van der Waals surface area contributed by atoms with Gasteiger partial charge in [-0.3, -0.25) is 9.59 Å². The molecule has 0 aliphatic heterocycles. The van der Waals surface area contributed by atoms with Crippen LogP contribution >= 0.6 is 23.2 Å². The fourth-order valence-corrected chi connectivity index (χ4v) is 3.65. The molecule has 7 heteroatoms. The lowest BCUT2D eigenvalue weighted by Gasteiger charge is -2.31. The van der Waals surface area contributed by atoms with E-state index in [2.05, 4.69) is 5.32 Å². The van der Waals surface area contributed by atoms with Crippen LogP contribution in [0.3, 0.4) is 0 Å². The van der Waals surface area contributed by atoms with E-state index < -0.39 is 6.04 Å². The monoisotopic (exact) mass is 464 g/mol. The van der Waals surface area contributed by atoms with E-state index in [-0.39, 0.29) is 24.5 Å². The van der Waals surface area contributed by atoms with E-state index in [1.54, 1.807) is 23.1 Å². The summed E-state index contributed by atoms with van der Waals surface area (Å²) in [6.45, 7) is 7.92. The molecule has 0 aliphatic rings. The van der Waals surface area contributed by atoms with Crippen molar-refractivity contribution < 1.29 is 14.3 Å². The van der Waals surface area contributed by atoms with E-state index in [4.69, 9.17) is 27.9 Å². The normalized spacial score (nSPS) is 12.7. The molecule has 31 heavy (non-hydrogen) atoms. The number of hydrogen-bond donors (Lipinski definition) is 1. The van der Waals surface area contributed by atoms with Crippen LogP contribution in [0.2, 0.25) is 10.0 Å². The standard InChI is InChI=1S/C24H30Cl2N2O3/c1-5-17(4)27-24(30)21(6-2)28(14-18-9-7-8-16(3)12-18)23(29)15-31-22-11-10-19(25)13-20(22)26/h7-13,17,21H,5-6,14-15H2,1-4H3,(H,27,30)/t17-,21+/m1/s1. The van der Waals surface area contributed by atoms with E-state index in [1.807, 2.05) is 52.0 Å². The molecule has 1 N–H and O–H groups in total. The van der Waals surface area contributed by atoms with Gasteiger partial charge in [0.25, 0.3) is 5.91 Å². The zero-order valence-electron chi connectivity index (χ0n) is 18.5. The second-order valence-electron chi connectivity index (χ2n) is 7.62. The Balaban J connectivity index is 2.23. The van der Waals surface area contributed by atoms with Crippen molar-refractivity contribution in [2.24, 2.45) is 0 Å². The molecule has 168 valence electrons. The molecule has 2 atom stereocenters. The first-order valence-corrected chi connectivity index (χ1v) is 11.2. The zero-order chi connectivity index (χ0) is 23.0. The maximum absolute atomic E-state index is 13.2. The summed E-state index contributed by atoms with van der Waals surface area (Å²) in [4.78, 5) is 27.7. The number of benzene rings is 2. The maximum atomic E-state index is 13.2. The van der Waals surface area contributed by atoms with E-state index in [0.717, 1.165) is 17.5 Å². The molecule has 0 aliphatic carbocycles. The topological polar surface area (TPSA) is 58.6 Å². The smallest absolute Gasteiger partial charge is 0.261 e. The number of nitrogens with one attached hydrogen (secondary N) is 1. The summed E-state index contributed by atoms with van der Waals surface area (Å²) >= 11 is 12.1. The summed E-state index contributed by atoms with van der Waals surface area (Å²) in [7, 11) is 0. The molecule has 0 unspecified atom stereocenters. The van der Waals surface area contributed by atoms with Crippen LogP contribution in [-0.4, -0.2) is 35.4 Å². The number of carbonyl (C=O) groups is 2. The molecule has 0 heterocycles. The minimum Gasteiger partial charge on any atom is -0.482 e. The minimum absolute atomic E-state index is 0.0293. The predicted molar refractivity (Wildman–Crippen MR) is 126 cm³/mol. The lowest BCUT2D eigenvalue weighted by molar-refractivity contribution is -0.143. The summed E-state index contributed by atoms with van der Waals surface area (Å²) < 4.78 is 5.66. The minimum atomic E-state index is -0.605. The van der Waals surface area contributed by atoms with E-state index in [0.29, 0.717) is 28.8 Å². The summed E-state index contributed by atoms with van der Waals surface area (Å²) in [6.07, 6.45) is 1.30. The molecule has 2 aromatic carbocycles. The number of rotatable bonds is 10. The van der Waals surface area contributed by atoms with Crippen molar-refractivity contribution in [1.82, 2.24) is 10.2 Å². The lowest BCUT2D eigenvalue weighted by atomic mass is 10.1. The predicted octanol–water partition coefficient (Wildman–Crippen LogP) is 5.40. The van der Waals surface area contributed by atoms with E-state index >= 15 is 0 Å². The van der Waals surface area contributed by atoms with E-state index in [9.17, 15) is 9.59 Å². The summed E-state index contributed by atoms with van der Waals surface area (Å²) in [5.41, 5.74) is 2.04. The molecule has 0 bridgehead atoms. The average molecular weight is 465 g/mol. The van der Waals surface area contributed by atoms with Crippen molar-refractivity contribution >= 4 is 35.0 Å². The molecule has 0 radical (unpaired) electrons. The molecule has 0 saturated heterocycles. The number of ether oxygens (including phenoxy) is 1. The Kier molecular flexibility index (Phi) is 9.66. The number of nitrogens with zero attached hydrogens (tertiary/aromatic N) is 1. The van der Waals surface area contributed by atoms with Gasteiger partial charge in [0.2, 0.25) is 5.91 Å². The number of amides is 2. The Labute approximate surface area is 194 Å². The van der Waals surface area contributed by atoms with Gasteiger partial charge in [0.05, 0.1) is 5.02 Å². The Bertz CT molecular complexity index is 904. The molecule has 2 amide bonds. The number of halogens is 2. The lowest BCUT2D eigenvalue weighted by Crippen LogP contribution is -2.51. The molecular weight excluding hydrogens is 435 g/mol. The van der Waals surface area contributed by atoms with Crippen LogP contribution in [0, 0.1) is 6.92 Å². The van der Waals surface area contributed by atoms with Crippen molar-refractivity contribution in [2.45, 2.75) is 59.2 Å². The van der Waals surface area contributed by atoms with Crippen LogP contribution in [0.5, 0.6) is 5.75 Å². The third-order valence-electron chi connectivity index (χ3n) is 5.07. The van der Waals surface area contributed by atoms with E-state index in [1.165, 1.54) is 0 Å². The SMILES string of the molecule is CC[C@@H](C)NC(=O)[C@H](CC)N(Cc1cccc(C)c1)C(=O)COc1ccc(Cl)cc1Cl. The highest BCUT2D eigenvalue weighted by molar-refractivity contribution is 6.35. The Morgan fingerprint density at radius 1 is 1.10 bits per heavy atom. The molecule has 0 fully saturated rings. The highest BCUT2D eigenvalue weighted by atomic mass is 35.5. The average Bonchev–Trinajstić information content (AvgIpc) is 2.72. The van der Waals surface area contributed by atoms with Gasteiger partial charge in [-0.2, -0.15) is 0 Å². The first-order chi connectivity index (χ1) is 14.7. The van der Waals surface area contributed by atoms with Crippen molar-refractivity contribution in [3.05, 3.63) is 63.6 Å². The largest absolute Gasteiger partial charge is 0.482 e. The van der Waals surface area contributed by atoms with Gasteiger partial charge in [0, 0.05) is 17.6 Å². The molecule has 5 nitrogen and oxygen atoms in total. The fraction of sp³-hybridized carbons (Fsp3) is 0.417. The number of hydrogen-bond acceptors (Lipinski definition) is 3. The fourth-order valence-electron chi connectivity index (χ4n) is 3.18. The van der Waals surface area contributed by atoms with Crippen LogP contribution in [-0.2, 0) is 16.1 Å². The summed E-state index contributed by atoms with van der Waals surface area (Å²) in [5, 5.41) is 3.80. The maximum Gasteiger partial charge on any atom is 0.261 e. The van der Waals surface area contributed by atoms with Crippen LogP contribution in [0.25, 0.3) is 0 Å². The molecule has 2 rings (SSSR count). The van der Waals surface area contributed by atoms with Gasteiger partial charge in [0.15, 0.2) is 6.61 Å². The first-order valence-electron chi connectivity index (χ1n) is 10.5. The van der Waals surface area contributed by atoms with Gasteiger partial charge in [-0.25, -0.2) is 0 Å². The molecular formula is C24H30Cl2N2O3. The third-order valence-corrected chi connectivity index (χ3v) is 5.60. The molecule has 0 spiro atoms. The number of carbonyl (C=O) groups excluding carboxylic acids is 2. The van der Waals surface area contributed by atoms with Crippen molar-refractivity contribution in [2.75, 3.05) is 6.61 Å². The van der Waals surface area contributed by atoms with Crippen molar-refractivity contribution in [3.8, 4) is 5.75 Å².